The number of primary amides is 8. The fourth-order valence-electron chi connectivity index (χ4n) is 11.1. The van der Waals surface area contributed by atoms with Gasteiger partial charge in [-0.15, -0.1) is 0 Å². The quantitative estimate of drug-likeness (QED) is 0.0153. The van der Waals surface area contributed by atoms with E-state index in [-0.39, 0.29) is 63.7 Å². The molecule has 0 aliphatic heterocycles. The van der Waals surface area contributed by atoms with E-state index in [2.05, 4.69) is 44.5 Å². The molecule has 0 heterocycles. The number of hydrogen-bond donors (Lipinski definition) is 19. The predicted octanol–water partition coefficient (Wildman–Crippen LogP) is -10.6. The van der Waals surface area contributed by atoms with Crippen LogP contribution in [0.2, 0.25) is 0 Å². The van der Waals surface area contributed by atoms with Gasteiger partial charge in [0.1, 0.15) is 51.4 Å². The van der Waals surface area contributed by atoms with Gasteiger partial charge in [0, 0.05) is 108 Å². The molecule has 1 unspecified atom stereocenters. The minimum absolute atomic E-state index is 0.00207. The Hall–Kier alpha value is -11.9. The number of ketones is 1. The fourth-order valence-corrected chi connectivity index (χ4v) is 11.3. The summed E-state index contributed by atoms with van der Waals surface area (Å²) in [5.41, 5.74) is 48.5. The first-order valence-electron chi connectivity index (χ1n) is 36.5. The van der Waals surface area contributed by atoms with Crippen molar-refractivity contribution in [2.45, 2.75) is 173 Å². The van der Waals surface area contributed by atoms with Crippen LogP contribution in [0.15, 0.2) is 0 Å². The van der Waals surface area contributed by atoms with Gasteiger partial charge in [-0.25, -0.2) is 4.79 Å². The summed E-state index contributed by atoms with van der Waals surface area (Å²) in [5, 5.41) is 43.9. The third-order valence-electron chi connectivity index (χ3n) is 17.0. The summed E-state index contributed by atoms with van der Waals surface area (Å²) in [5.74, 6) is -21.7. The molecular weight excluding hydrogens is 1560 g/mol. The maximum atomic E-state index is 14.1. The highest BCUT2D eigenvalue weighted by Gasteiger charge is 2.35. The first kappa shape index (κ1) is 104. The average molecular weight is 1670 g/mol. The van der Waals surface area contributed by atoms with E-state index in [0.717, 1.165) is 19.6 Å². The van der Waals surface area contributed by atoms with Gasteiger partial charge in [-0.2, -0.15) is 0 Å². The van der Waals surface area contributed by atoms with Gasteiger partial charge in [0.05, 0.1) is 38.8 Å². The molecule has 0 spiro atoms. The van der Waals surface area contributed by atoms with Crippen LogP contribution < -0.4 is 83.5 Å². The van der Waals surface area contributed by atoms with Crippen molar-refractivity contribution in [2.24, 2.45) is 63.4 Å². The first-order valence-corrected chi connectivity index (χ1v) is 36.9. The molecule has 0 aliphatic carbocycles. The maximum absolute atomic E-state index is 14.1. The number of aliphatic hydroxyl groups is 1. The van der Waals surface area contributed by atoms with Crippen LogP contribution in [0.3, 0.4) is 0 Å². The van der Waals surface area contributed by atoms with Gasteiger partial charge in [-0.1, -0.05) is 40.3 Å². The van der Waals surface area contributed by atoms with Crippen molar-refractivity contribution in [3.05, 3.63) is 0 Å². The van der Waals surface area contributed by atoms with Gasteiger partial charge in [0.2, 0.25) is 113 Å². The molecular formula is C67H112N22O26S. The average Bonchev–Trinajstić information content (AvgIpc) is 0.856. The summed E-state index contributed by atoms with van der Waals surface area (Å²) in [7, 11) is 0. The van der Waals surface area contributed by atoms with E-state index in [4.69, 9.17) is 51.6 Å². The monoisotopic (exact) mass is 1670 g/mol. The Labute approximate surface area is 672 Å². The molecule has 0 saturated heterocycles. The van der Waals surface area contributed by atoms with Crippen molar-refractivity contribution >= 4 is 148 Å². The number of amides is 21. The highest BCUT2D eigenvalue weighted by molar-refractivity contribution is 7.96. The van der Waals surface area contributed by atoms with E-state index in [0.29, 0.717) is 21.1 Å². The summed E-state index contributed by atoms with van der Waals surface area (Å²) in [6, 6.07) is -9.11. The van der Waals surface area contributed by atoms with Crippen LogP contribution in [0.25, 0.3) is 0 Å². The SMILES string of the molecule is CCC(C)C(=O)[C@@H](CN(CC(=O)N[C@@H](CCC(N)=O)CN(C=O)CC(=O)N[C@@H](CCC(N)=O)CN(CC(=O)N[C@@H](CCC(C)C)CN(CC(=O)N[C@@H](CO)CN(CC(=O)N[C@@H](CCCC(N)=O)CN(CC(=O)O)C(=O)CC(N)=O)C(=O)S)C(=O)O)C(=O)CC(N)=O)C(=O)CC(N)=O)NC(=O)CN(C[C@@H](N)CCC(N)=O)C(=O)CC(N)=O. The van der Waals surface area contributed by atoms with Crippen LogP contribution in [0.4, 0.5) is 9.59 Å². The molecule has 0 fully saturated rings. The lowest BCUT2D eigenvalue weighted by Gasteiger charge is -2.31. The van der Waals surface area contributed by atoms with Crippen LogP contribution in [0.5, 0.6) is 0 Å². The van der Waals surface area contributed by atoms with Crippen LogP contribution in [0.1, 0.15) is 130 Å². The second-order valence-corrected chi connectivity index (χ2v) is 28.2. The summed E-state index contributed by atoms with van der Waals surface area (Å²) in [6.07, 6.45) is -7.39. The topological polar surface area (TPSA) is 782 Å². The van der Waals surface area contributed by atoms with E-state index in [1.54, 1.807) is 20.8 Å². The number of nitrogens with zero attached hydrogens (tertiary/aromatic N) is 7. The van der Waals surface area contributed by atoms with Crippen LogP contribution in [0, 0.1) is 11.8 Å². The lowest BCUT2D eigenvalue weighted by molar-refractivity contribution is -0.146. The standard InChI is InChI=1S/C67H112N22O26S/c1-5-38(4)65(112)45(82-59(105)31-84(60(106)17-50(73)96)21-39(68)10-14-47(70)93)27-87(63(109)20-53(76)99)30-56(102)78-41(12-15-48(71)94)22-83(36-91)28-54(100)79-43(13-16-49(72)95)24-85(61(107)18-51(74)97)29-55(101)80-42(11-9-37(2)3)25-88(66(113)114)32-57(103)81-44(35-90)26-89(67(115)116)33-58(104)77-40(7-6-8-46(69)92)23-86(34-64(110)111)62(108)19-52(75)98/h36-45,90H,5-35,68H2,1-4H3,(H2,69,92)(H2,70,93)(H2,71,94)(H2,72,95)(H2,73,96)(H2,74,97)(H2,75,98)(H2,76,99)(H,77,104)(H,78,102)(H,79,100)(H,80,101)(H,81,103)(H,82,105)(H,110,111)(H,113,114)(H,115,116)/t38?,39-,40-,41-,42-,43-,44+,45+/m0/s1. The number of nitrogens with one attached hydrogen (secondary N) is 6. The molecule has 49 heteroatoms. The number of aliphatic hydroxyl groups excluding tert-OH is 1. The number of carbonyl (C=O) groups excluding carboxylic acids is 21. The van der Waals surface area contributed by atoms with E-state index in [9.17, 15) is 126 Å². The number of carboxylic acid groups (broad SMARTS) is 2. The van der Waals surface area contributed by atoms with E-state index in [1.807, 2.05) is 0 Å². The molecule has 27 N–H and O–H groups in total. The minimum Gasteiger partial charge on any atom is -0.480 e. The molecule has 0 aliphatic rings. The van der Waals surface area contributed by atoms with Crippen molar-refractivity contribution < 1.29 is 126 Å². The van der Waals surface area contributed by atoms with Crippen molar-refractivity contribution in [1.29, 1.82) is 0 Å². The highest BCUT2D eigenvalue weighted by atomic mass is 32.1. The Balaban J connectivity index is 7.00. The van der Waals surface area contributed by atoms with Gasteiger partial charge in [0.15, 0.2) is 5.78 Å². The molecule has 0 radical (unpaired) electrons. The zero-order valence-corrected chi connectivity index (χ0v) is 66.1. The second kappa shape index (κ2) is 54.7. The van der Waals surface area contributed by atoms with Crippen molar-refractivity contribution in [3.63, 3.8) is 0 Å². The van der Waals surface area contributed by atoms with Gasteiger partial charge in [-0.3, -0.25) is 110 Å². The zero-order chi connectivity index (χ0) is 88.8. The molecule has 0 aromatic rings. The molecule has 0 aromatic carbocycles. The van der Waals surface area contributed by atoms with E-state index < -0.39 is 321 Å². The van der Waals surface area contributed by atoms with Crippen molar-refractivity contribution in [1.82, 2.24) is 66.2 Å². The number of rotatable bonds is 63. The van der Waals surface area contributed by atoms with Crippen LogP contribution in [-0.2, 0) is 101 Å². The third-order valence-corrected chi connectivity index (χ3v) is 17.2. The molecule has 652 valence electrons. The summed E-state index contributed by atoms with van der Waals surface area (Å²) >= 11 is 3.79. The largest absolute Gasteiger partial charge is 0.480 e. The Bertz CT molecular complexity index is 3500. The highest BCUT2D eigenvalue weighted by Crippen LogP contribution is 2.15. The lowest BCUT2D eigenvalue weighted by Crippen LogP contribution is -2.56. The molecule has 0 saturated carbocycles. The first-order chi connectivity index (χ1) is 54.1. The van der Waals surface area contributed by atoms with Gasteiger partial charge in [-0.05, 0) is 57.3 Å². The number of Topliss-reactive ketones (excluding diaryl/α,β-unsaturated/α-hetero) is 1. The molecule has 48 nitrogen and oxygen atoms in total. The fraction of sp³-hybridized carbons (Fsp3) is 0.657. The van der Waals surface area contributed by atoms with Crippen LogP contribution in [-0.4, -0.2) is 326 Å². The van der Waals surface area contributed by atoms with Gasteiger partial charge >= 0.3 is 12.1 Å². The maximum Gasteiger partial charge on any atom is 0.407 e. The Morgan fingerprint density at radius 3 is 1.09 bits per heavy atom. The summed E-state index contributed by atoms with van der Waals surface area (Å²) < 4.78 is 0. The number of aliphatic carboxylic acids is 1. The van der Waals surface area contributed by atoms with Gasteiger partial charge in [0.25, 0.3) is 5.24 Å². The lowest BCUT2D eigenvalue weighted by atomic mass is 9.96. The van der Waals surface area contributed by atoms with Crippen molar-refractivity contribution in [3.8, 4) is 0 Å². The molecule has 8 atom stereocenters. The smallest absolute Gasteiger partial charge is 0.407 e. The Morgan fingerprint density at radius 2 is 0.716 bits per heavy atom. The zero-order valence-electron chi connectivity index (χ0n) is 65.2. The molecule has 0 aromatic heterocycles. The molecule has 21 amide bonds. The number of nitrogens with two attached hydrogens (primary N) is 9. The third kappa shape index (κ3) is 47.6. The predicted molar refractivity (Wildman–Crippen MR) is 406 cm³/mol. The normalized spacial score (nSPS) is 12.9. The number of carboxylic acids is 1. The molecule has 116 heavy (non-hydrogen) atoms. The molecule has 0 bridgehead atoms. The van der Waals surface area contributed by atoms with Gasteiger partial charge < -0.3 is 128 Å². The summed E-state index contributed by atoms with van der Waals surface area (Å²) in [4.78, 5) is 300. The van der Waals surface area contributed by atoms with E-state index >= 15 is 0 Å². The summed E-state index contributed by atoms with van der Waals surface area (Å²) in [6.45, 7) is -5.36. The van der Waals surface area contributed by atoms with Crippen LogP contribution >= 0.6 is 12.6 Å². The number of carbonyl (C=O) groups is 23. The molecule has 0 rings (SSSR count). The van der Waals surface area contributed by atoms with E-state index in [1.165, 1.54) is 6.92 Å². The van der Waals surface area contributed by atoms with Crippen molar-refractivity contribution in [2.75, 3.05) is 98.2 Å². The Kier molecular flexibility index (Phi) is 49.1. The second-order valence-electron chi connectivity index (χ2n) is 27.9. The number of hydrogen-bond acceptors (Lipinski definition) is 25. The minimum atomic E-state index is -1.73. The Morgan fingerprint density at radius 1 is 0.379 bits per heavy atom. The number of thiol groups is 1.